The van der Waals surface area contributed by atoms with Gasteiger partial charge in [-0.15, -0.1) is 0 Å². The van der Waals surface area contributed by atoms with Crippen LogP contribution in [0.5, 0.6) is 0 Å². The second kappa shape index (κ2) is 6.84. The summed E-state index contributed by atoms with van der Waals surface area (Å²) in [5.74, 6) is -0.673. The third-order valence-corrected chi connectivity index (χ3v) is 5.59. The smallest absolute Gasteiger partial charge is 0.223 e. The number of rotatable bonds is 5. The Hall–Kier alpha value is -3.48. The monoisotopic (exact) mass is 389 g/mol. The maximum atomic E-state index is 13.4. The van der Waals surface area contributed by atoms with E-state index < -0.39 is 5.91 Å². The van der Waals surface area contributed by atoms with E-state index in [4.69, 9.17) is 5.73 Å². The lowest BCUT2D eigenvalue weighted by atomic mass is 9.92. The van der Waals surface area contributed by atoms with Gasteiger partial charge in [-0.05, 0) is 55.7 Å². The Morgan fingerprint density at radius 2 is 1.86 bits per heavy atom. The van der Waals surface area contributed by atoms with E-state index in [0.29, 0.717) is 6.04 Å². The van der Waals surface area contributed by atoms with Gasteiger partial charge in [0.1, 0.15) is 11.5 Å². The molecule has 146 valence electrons. The van der Waals surface area contributed by atoms with Crippen LogP contribution < -0.4 is 5.73 Å². The molecule has 1 amide bonds. The minimum Gasteiger partial charge on any atom is -0.369 e. The fourth-order valence-electron chi connectivity index (χ4n) is 3.89. The maximum absolute atomic E-state index is 13.4. The number of fused-ring (bicyclic) bond motifs is 1. The molecule has 2 N–H and O–H groups in total. The quantitative estimate of drug-likeness (QED) is 0.565. The van der Waals surface area contributed by atoms with E-state index in [2.05, 4.69) is 14.5 Å². The van der Waals surface area contributed by atoms with Crippen LogP contribution in [0.1, 0.15) is 31.0 Å². The minimum absolute atomic E-state index is 0.122. The van der Waals surface area contributed by atoms with Gasteiger partial charge in [0, 0.05) is 29.6 Å². The van der Waals surface area contributed by atoms with E-state index in [1.807, 2.05) is 29.1 Å². The Bertz CT molecular complexity index is 1200. The van der Waals surface area contributed by atoms with Gasteiger partial charge >= 0.3 is 0 Å². The lowest BCUT2D eigenvalue weighted by Gasteiger charge is -2.28. The van der Waals surface area contributed by atoms with Gasteiger partial charge in [-0.25, -0.2) is 14.4 Å². The molecule has 4 aromatic rings. The predicted molar refractivity (Wildman–Crippen MR) is 108 cm³/mol. The number of carbonyl (C=O) groups is 1. The van der Waals surface area contributed by atoms with E-state index in [1.165, 1.54) is 18.6 Å². The zero-order chi connectivity index (χ0) is 20.0. The number of carbonyl (C=O) groups excluding carboxylic acids is 1. The molecule has 1 aromatic carbocycles. The Kier molecular flexibility index (Phi) is 4.16. The summed E-state index contributed by atoms with van der Waals surface area (Å²) in [6.45, 7) is 0. The highest BCUT2D eigenvalue weighted by Crippen LogP contribution is 2.39. The molecule has 6 nitrogen and oxygen atoms in total. The summed E-state index contributed by atoms with van der Waals surface area (Å²) in [5.41, 5.74) is 10.5. The van der Waals surface area contributed by atoms with E-state index in [-0.39, 0.29) is 12.2 Å². The van der Waals surface area contributed by atoms with Crippen molar-refractivity contribution >= 4 is 11.6 Å². The number of amides is 1. The third-order valence-electron chi connectivity index (χ3n) is 5.59. The molecule has 5 rings (SSSR count). The first-order chi connectivity index (χ1) is 14.1. The number of hydrogen-bond acceptors (Lipinski definition) is 3. The lowest BCUT2D eigenvalue weighted by Crippen LogP contribution is -2.17. The van der Waals surface area contributed by atoms with Crippen molar-refractivity contribution in [2.45, 2.75) is 31.7 Å². The van der Waals surface area contributed by atoms with Gasteiger partial charge in [-0.2, -0.15) is 0 Å². The van der Waals surface area contributed by atoms with Gasteiger partial charge in [-0.1, -0.05) is 0 Å². The molecule has 3 heterocycles. The summed E-state index contributed by atoms with van der Waals surface area (Å²) in [4.78, 5) is 20.5. The van der Waals surface area contributed by atoms with Crippen LogP contribution in [-0.4, -0.2) is 24.8 Å². The number of nitrogens with zero attached hydrogens (tertiary/aromatic N) is 4. The van der Waals surface area contributed by atoms with E-state index in [9.17, 15) is 9.18 Å². The molecule has 0 atom stereocenters. The molecule has 3 aromatic heterocycles. The molecular formula is C22H20FN5O. The summed E-state index contributed by atoms with van der Waals surface area (Å²) in [7, 11) is 0. The van der Waals surface area contributed by atoms with Crippen LogP contribution in [0.2, 0.25) is 0 Å². The van der Waals surface area contributed by atoms with Crippen LogP contribution in [-0.2, 0) is 11.2 Å². The van der Waals surface area contributed by atoms with Crippen molar-refractivity contribution < 1.29 is 9.18 Å². The van der Waals surface area contributed by atoms with Crippen LogP contribution in [0.25, 0.3) is 28.2 Å². The van der Waals surface area contributed by atoms with Crippen molar-refractivity contribution in [2.24, 2.45) is 5.73 Å². The lowest BCUT2D eigenvalue weighted by molar-refractivity contribution is -0.117. The fourth-order valence-corrected chi connectivity index (χ4v) is 3.89. The van der Waals surface area contributed by atoms with Crippen LogP contribution in [0.4, 0.5) is 4.39 Å². The normalized spacial score (nSPS) is 14.2. The number of primary amides is 1. The predicted octanol–water partition coefficient (Wildman–Crippen LogP) is 3.76. The van der Waals surface area contributed by atoms with E-state index >= 15 is 0 Å². The average Bonchev–Trinajstić information content (AvgIpc) is 3.25. The second-order valence-electron chi connectivity index (χ2n) is 7.48. The summed E-state index contributed by atoms with van der Waals surface area (Å²) in [6.07, 6.45) is 9.09. The first-order valence-corrected chi connectivity index (χ1v) is 9.67. The first kappa shape index (κ1) is 17.6. The molecule has 1 fully saturated rings. The Balaban J connectivity index is 1.68. The van der Waals surface area contributed by atoms with Crippen molar-refractivity contribution in [1.29, 1.82) is 0 Å². The van der Waals surface area contributed by atoms with Gasteiger partial charge in [0.2, 0.25) is 5.91 Å². The summed E-state index contributed by atoms with van der Waals surface area (Å²) < 4.78 is 17.5. The standard InChI is InChI=1S/C22H20FN5O/c23-16-7-4-14(5-8-16)21-22(28(13-26-21)17-2-1-3-17)15-6-9-20-25-11-18(10-19(24)29)27(20)12-15/h4-9,11-13,17H,1-3,10H2,(H2,24,29). The van der Waals surface area contributed by atoms with Gasteiger partial charge < -0.3 is 14.7 Å². The van der Waals surface area contributed by atoms with E-state index in [0.717, 1.165) is 46.7 Å². The van der Waals surface area contributed by atoms with Gasteiger partial charge in [-0.3, -0.25) is 4.79 Å². The number of aromatic nitrogens is 4. The largest absolute Gasteiger partial charge is 0.369 e. The van der Waals surface area contributed by atoms with Crippen molar-refractivity contribution in [3.63, 3.8) is 0 Å². The molecule has 1 saturated carbocycles. The molecule has 29 heavy (non-hydrogen) atoms. The zero-order valence-electron chi connectivity index (χ0n) is 15.8. The number of hydrogen-bond donors (Lipinski definition) is 1. The molecule has 7 heteroatoms. The number of imidazole rings is 2. The average molecular weight is 389 g/mol. The van der Waals surface area contributed by atoms with E-state index in [1.54, 1.807) is 18.3 Å². The Morgan fingerprint density at radius 3 is 2.55 bits per heavy atom. The number of benzene rings is 1. The Morgan fingerprint density at radius 1 is 1.10 bits per heavy atom. The third kappa shape index (κ3) is 3.08. The van der Waals surface area contributed by atoms with Crippen molar-refractivity contribution in [2.75, 3.05) is 0 Å². The van der Waals surface area contributed by atoms with Gasteiger partial charge in [0.25, 0.3) is 0 Å². The molecule has 0 bridgehead atoms. The molecule has 0 spiro atoms. The summed E-state index contributed by atoms with van der Waals surface area (Å²) >= 11 is 0. The highest BCUT2D eigenvalue weighted by atomic mass is 19.1. The molecule has 0 saturated heterocycles. The van der Waals surface area contributed by atoms with Gasteiger partial charge in [0.15, 0.2) is 0 Å². The van der Waals surface area contributed by atoms with Gasteiger partial charge in [0.05, 0.1) is 29.8 Å². The van der Waals surface area contributed by atoms with Crippen molar-refractivity contribution in [3.05, 3.63) is 66.6 Å². The number of nitrogens with two attached hydrogens (primary N) is 1. The number of pyridine rings is 1. The topological polar surface area (TPSA) is 78.2 Å². The SMILES string of the molecule is NC(=O)Cc1cnc2ccc(-c3c(-c4ccc(F)cc4)ncn3C3CCC3)cn12. The molecule has 1 aliphatic carbocycles. The summed E-state index contributed by atoms with van der Waals surface area (Å²) in [5, 5.41) is 0. The zero-order valence-corrected chi connectivity index (χ0v) is 15.8. The minimum atomic E-state index is -0.399. The van der Waals surface area contributed by atoms with Crippen LogP contribution in [0, 0.1) is 5.82 Å². The molecule has 0 radical (unpaired) electrons. The van der Waals surface area contributed by atoms with Crippen LogP contribution in [0.3, 0.4) is 0 Å². The summed E-state index contributed by atoms with van der Waals surface area (Å²) in [6, 6.07) is 10.7. The first-order valence-electron chi connectivity index (χ1n) is 9.67. The molecule has 0 unspecified atom stereocenters. The fraction of sp³-hybridized carbons (Fsp3) is 0.227. The highest BCUT2D eigenvalue weighted by Gasteiger charge is 2.25. The van der Waals surface area contributed by atoms with Crippen molar-refractivity contribution in [3.8, 4) is 22.5 Å². The molecule has 1 aliphatic rings. The highest BCUT2D eigenvalue weighted by molar-refractivity contribution is 5.79. The molecular weight excluding hydrogens is 369 g/mol. The van der Waals surface area contributed by atoms with Crippen molar-refractivity contribution in [1.82, 2.24) is 18.9 Å². The maximum Gasteiger partial charge on any atom is 0.223 e. The second-order valence-corrected chi connectivity index (χ2v) is 7.48. The van der Waals surface area contributed by atoms with Crippen LogP contribution in [0.15, 0.2) is 55.1 Å². The Labute approximate surface area is 166 Å². The number of halogens is 1. The van der Waals surface area contributed by atoms with Crippen LogP contribution >= 0.6 is 0 Å². The molecule has 0 aliphatic heterocycles.